The summed E-state index contributed by atoms with van der Waals surface area (Å²) in [5, 5.41) is 5.15. The van der Waals surface area contributed by atoms with Crippen LogP contribution in [0.15, 0.2) is 66.7 Å². The number of benzene rings is 3. The van der Waals surface area contributed by atoms with Gasteiger partial charge in [-0.2, -0.15) is 0 Å². The number of amides is 4. The Bertz CT molecular complexity index is 1510. The molecular weight excluding hydrogens is 586 g/mol. The van der Waals surface area contributed by atoms with Gasteiger partial charge in [0.2, 0.25) is 5.91 Å². The van der Waals surface area contributed by atoms with Gasteiger partial charge in [0.05, 0.1) is 24.9 Å². The molecule has 1 aliphatic rings. The summed E-state index contributed by atoms with van der Waals surface area (Å²) >= 11 is 0. The maximum absolute atomic E-state index is 14.2. The minimum atomic E-state index is -0.886. The topological polar surface area (TPSA) is 117 Å². The van der Waals surface area contributed by atoms with Crippen LogP contribution in [0.4, 0.5) is 30.6 Å². The van der Waals surface area contributed by atoms with Gasteiger partial charge >= 0.3 is 12.0 Å². The summed E-state index contributed by atoms with van der Waals surface area (Å²) in [6, 6.07) is 15.5. The van der Waals surface area contributed by atoms with Gasteiger partial charge in [0, 0.05) is 19.3 Å². The number of hydrogen-bond donors (Lipinski definition) is 2. The molecule has 0 heterocycles. The lowest BCUT2D eigenvalue weighted by Gasteiger charge is -2.27. The van der Waals surface area contributed by atoms with Crippen LogP contribution in [0.3, 0.4) is 0 Å². The number of ether oxygens (including phenoxy) is 2. The zero-order valence-corrected chi connectivity index (χ0v) is 25.2. The third-order valence-corrected chi connectivity index (χ3v) is 7.63. The van der Waals surface area contributed by atoms with E-state index in [1.165, 1.54) is 31.2 Å². The van der Waals surface area contributed by atoms with Gasteiger partial charge in [0.1, 0.15) is 23.1 Å². The lowest BCUT2D eigenvalue weighted by molar-refractivity contribution is -0.120. The van der Waals surface area contributed by atoms with Gasteiger partial charge < -0.3 is 29.9 Å². The number of nitrogens with one attached hydrogen (secondary N) is 2. The Morgan fingerprint density at radius 2 is 1.60 bits per heavy atom. The summed E-state index contributed by atoms with van der Waals surface area (Å²) in [6.07, 6.45) is 5.14. The predicted octanol–water partition coefficient (Wildman–Crippen LogP) is 5.53. The number of para-hydroxylation sites is 3. The van der Waals surface area contributed by atoms with E-state index in [0.717, 1.165) is 49.1 Å². The number of hydrogen-bond acceptors (Lipinski definition) is 6. The maximum Gasteiger partial charge on any atom is 0.337 e. The SMILES string of the molecule is COC(=O)c1cccc(NC(=O)NCC(=O)N(CCC2CCCC2)c2ccccc2OCC(=O)N(C)c2c(F)cccc2F)c1. The molecule has 4 amide bonds. The first-order valence-corrected chi connectivity index (χ1v) is 14.6. The van der Waals surface area contributed by atoms with Crippen LogP contribution in [-0.4, -0.2) is 57.7 Å². The van der Waals surface area contributed by atoms with E-state index in [9.17, 15) is 28.0 Å². The molecule has 4 rings (SSSR count). The molecular formula is C33H36F2N4O6. The zero-order chi connectivity index (χ0) is 32.3. The van der Waals surface area contributed by atoms with Gasteiger partial charge in [-0.1, -0.05) is 49.9 Å². The smallest absolute Gasteiger partial charge is 0.337 e. The minimum absolute atomic E-state index is 0.220. The summed E-state index contributed by atoms with van der Waals surface area (Å²) in [7, 11) is 2.50. The first-order valence-electron chi connectivity index (χ1n) is 14.6. The summed E-state index contributed by atoms with van der Waals surface area (Å²) in [5.74, 6) is -2.77. The van der Waals surface area contributed by atoms with Crippen molar-refractivity contribution in [2.45, 2.75) is 32.1 Å². The molecule has 0 radical (unpaired) electrons. The molecule has 0 spiro atoms. The van der Waals surface area contributed by atoms with Crippen LogP contribution in [-0.2, 0) is 14.3 Å². The van der Waals surface area contributed by atoms with Crippen molar-refractivity contribution < 1.29 is 37.4 Å². The summed E-state index contributed by atoms with van der Waals surface area (Å²) in [4.78, 5) is 53.2. The Labute approximate surface area is 260 Å². The highest BCUT2D eigenvalue weighted by Gasteiger charge is 2.25. The van der Waals surface area contributed by atoms with Crippen molar-refractivity contribution in [3.8, 4) is 5.75 Å². The van der Waals surface area contributed by atoms with Crippen LogP contribution in [0, 0.1) is 17.6 Å². The first kappa shape index (κ1) is 32.9. The lowest BCUT2D eigenvalue weighted by atomic mass is 10.0. The molecule has 3 aromatic carbocycles. The Hall–Kier alpha value is -5.00. The fourth-order valence-corrected chi connectivity index (χ4v) is 5.23. The van der Waals surface area contributed by atoms with Gasteiger partial charge in [-0.15, -0.1) is 0 Å². The molecule has 0 saturated heterocycles. The Kier molecular flexibility index (Phi) is 11.4. The summed E-state index contributed by atoms with van der Waals surface area (Å²) < 4.78 is 39.0. The lowest BCUT2D eigenvalue weighted by Crippen LogP contribution is -2.42. The minimum Gasteiger partial charge on any atom is -0.482 e. The van der Waals surface area contributed by atoms with E-state index < -0.39 is 47.7 Å². The average Bonchev–Trinajstić information content (AvgIpc) is 3.56. The largest absolute Gasteiger partial charge is 0.482 e. The molecule has 45 heavy (non-hydrogen) atoms. The highest BCUT2D eigenvalue weighted by molar-refractivity contribution is 6.00. The van der Waals surface area contributed by atoms with Crippen LogP contribution < -0.4 is 25.2 Å². The van der Waals surface area contributed by atoms with E-state index in [-0.39, 0.29) is 17.9 Å². The van der Waals surface area contributed by atoms with Gasteiger partial charge in [0.15, 0.2) is 6.61 Å². The van der Waals surface area contributed by atoms with E-state index in [0.29, 0.717) is 23.8 Å². The number of nitrogens with zero attached hydrogens (tertiary/aromatic N) is 2. The summed E-state index contributed by atoms with van der Waals surface area (Å²) in [5.41, 5.74) is 0.490. The summed E-state index contributed by atoms with van der Waals surface area (Å²) in [6.45, 7) is -0.546. The van der Waals surface area contributed by atoms with Crippen LogP contribution in [0.5, 0.6) is 5.75 Å². The maximum atomic E-state index is 14.2. The van der Waals surface area contributed by atoms with E-state index in [2.05, 4.69) is 10.6 Å². The van der Waals surface area contributed by atoms with Crippen molar-refractivity contribution in [3.05, 3.63) is 83.9 Å². The predicted molar refractivity (Wildman–Crippen MR) is 165 cm³/mol. The molecule has 1 saturated carbocycles. The van der Waals surface area contributed by atoms with Gasteiger partial charge in [-0.05, 0) is 54.8 Å². The first-order chi connectivity index (χ1) is 21.7. The molecule has 0 aliphatic heterocycles. The average molecular weight is 623 g/mol. The Morgan fingerprint density at radius 3 is 2.31 bits per heavy atom. The fourth-order valence-electron chi connectivity index (χ4n) is 5.23. The molecule has 10 nitrogen and oxygen atoms in total. The molecule has 2 N–H and O–H groups in total. The van der Waals surface area contributed by atoms with Gasteiger partial charge in [-0.25, -0.2) is 18.4 Å². The van der Waals surface area contributed by atoms with E-state index in [4.69, 9.17) is 9.47 Å². The standard InChI is InChI=1S/C33H36F2N4O6/c1-38(31-25(34)13-8-14-26(31)35)30(41)21-45-28-16-6-5-15-27(28)39(18-17-22-9-3-4-10-22)29(40)20-36-33(43)37-24-12-7-11-23(19-24)32(42)44-2/h5-8,11-16,19,22H,3-4,9-10,17-18,20-21H2,1-2H3,(H2,36,37,43). The van der Waals surface area contributed by atoms with Crippen LogP contribution in [0.25, 0.3) is 0 Å². The number of carbonyl (C=O) groups excluding carboxylic acids is 4. The quantitative estimate of drug-likeness (QED) is 0.257. The fraction of sp³-hybridized carbons (Fsp3) is 0.333. The highest BCUT2D eigenvalue weighted by atomic mass is 19.1. The molecule has 1 aliphatic carbocycles. The second-order valence-corrected chi connectivity index (χ2v) is 10.6. The number of carbonyl (C=O) groups is 4. The molecule has 0 unspecified atom stereocenters. The van der Waals surface area contributed by atoms with E-state index in [1.807, 2.05) is 0 Å². The van der Waals surface area contributed by atoms with Crippen molar-refractivity contribution in [3.63, 3.8) is 0 Å². The number of urea groups is 1. The van der Waals surface area contributed by atoms with Crippen molar-refractivity contribution in [2.24, 2.45) is 5.92 Å². The van der Waals surface area contributed by atoms with Gasteiger partial charge in [-0.3, -0.25) is 9.59 Å². The Balaban J connectivity index is 1.45. The van der Waals surface area contributed by atoms with Crippen LogP contribution >= 0.6 is 0 Å². The van der Waals surface area contributed by atoms with Crippen molar-refractivity contribution in [1.82, 2.24) is 5.32 Å². The van der Waals surface area contributed by atoms with E-state index in [1.54, 1.807) is 42.5 Å². The normalized spacial score (nSPS) is 12.7. The second-order valence-electron chi connectivity index (χ2n) is 10.6. The third kappa shape index (κ3) is 8.78. The van der Waals surface area contributed by atoms with E-state index >= 15 is 0 Å². The van der Waals surface area contributed by atoms with Crippen molar-refractivity contribution >= 4 is 40.9 Å². The van der Waals surface area contributed by atoms with Crippen LogP contribution in [0.2, 0.25) is 0 Å². The molecule has 1 fully saturated rings. The third-order valence-electron chi connectivity index (χ3n) is 7.63. The molecule has 3 aromatic rings. The van der Waals surface area contributed by atoms with Crippen LogP contribution in [0.1, 0.15) is 42.5 Å². The molecule has 0 bridgehead atoms. The molecule has 0 atom stereocenters. The monoisotopic (exact) mass is 622 g/mol. The molecule has 12 heteroatoms. The number of methoxy groups -OCH3 is 1. The zero-order valence-electron chi connectivity index (χ0n) is 25.2. The molecule has 238 valence electrons. The van der Waals surface area contributed by atoms with Crippen molar-refractivity contribution in [2.75, 3.05) is 49.0 Å². The number of anilines is 3. The number of esters is 1. The highest BCUT2D eigenvalue weighted by Crippen LogP contribution is 2.32. The number of likely N-dealkylation sites (N-methyl/N-ethyl adjacent to an activating group) is 1. The molecule has 0 aromatic heterocycles. The van der Waals surface area contributed by atoms with Gasteiger partial charge in [0.25, 0.3) is 5.91 Å². The van der Waals surface area contributed by atoms with Crippen molar-refractivity contribution in [1.29, 1.82) is 0 Å². The number of halogens is 2. The number of rotatable bonds is 12. The second kappa shape index (κ2) is 15.6. The Morgan fingerprint density at radius 1 is 0.911 bits per heavy atom.